The van der Waals surface area contributed by atoms with Gasteiger partial charge in [-0.25, -0.2) is 13.6 Å². The lowest BCUT2D eigenvalue weighted by Crippen LogP contribution is -2.27. The van der Waals surface area contributed by atoms with Crippen LogP contribution in [0.25, 0.3) is 0 Å². The second-order valence-corrected chi connectivity index (χ2v) is 8.22. The van der Waals surface area contributed by atoms with Gasteiger partial charge in [-0.05, 0) is 48.1 Å². The summed E-state index contributed by atoms with van der Waals surface area (Å²) in [5.74, 6) is 0.899. The summed E-state index contributed by atoms with van der Waals surface area (Å²) in [7, 11) is -3.64. The summed E-state index contributed by atoms with van der Waals surface area (Å²) < 4.78 is 23.4. The highest BCUT2D eigenvalue weighted by atomic mass is 32.2. The monoisotopic (exact) mass is 281 g/mol. The zero-order valence-electron chi connectivity index (χ0n) is 11.9. The summed E-state index contributed by atoms with van der Waals surface area (Å²) >= 11 is 0. The van der Waals surface area contributed by atoms with Crippen molar-refractivity contribution in [3.8, 4) is 0 Å². The smallest absolute Gasteiger partial charge is 0.225 e. The lowest BCUT2D eigenvalue weighted by atomic mass is 9.66. The Labute approximate surface area is 116 Å². The second kappa shape index (κ2) is 4.91. The van der Waals surface area contributed by atoms with Crippen LogP contribution in [-0.2, 0) is 10.0 Å². The number of nitrogens with two attached hydrogens (primary N) is 1. The van der Waals surface area contributed by atoms with Gasteiger partial charge < -0.3 is 0 Å². The number of hydrogen-bond acceptors (Lipinski definition) is 2. The first kappa shape index (κ1) is 14.5. The van der Waals surface area contributed by atoms with Gasteiger partial charge in [0.1, 0.15) is 0 Å². The molecule has 2 N–H and O–H groups in total. The highest BCUT2D eigenvalue weighted by Gasteiger charge is 2.34. The van der Waals surface area contributed by atoms with Gasteiger partial charge in [0.15, 0.2) is 0 Å². The topological polar surface area (TPSA) is 60.2 Å². The molecule has 3 nitrogen and oxygen atoms in total. The van der Waals surface area contributed by atoms with Crippen LogP contribution >= 0.6 is 0 Å². The second-order valence-electron chi connectivity index (χ2n) is 6.69. The SMILES string of the molecule is CC1CC(c2ccccc2S(N)(=O)=O)CC(C)(C)C1. The molecule has 1 aromatic carbocycles. The van der Waals surface area contributed by atoms with Crippen LogP contribution < -0.4 is 5.14 Å². The third-order valence-corrected chi connectivity index (χ3v) is 5.04. The Hall–Kier alpha value is -0.870. The van der Waals surface area contributed by atoms with Gasteiger partial charge in [0.05, 0.1) is 4.90 Å². The van der Waals surface area contributed by atoms with Crippen LogP contribution in [0.5, 0.6) is 0 Å². The Kier molecular flexibility index (Phi) is 3.76. The van der Waals surface area contributed by atoms with Crippen molar-refractivity contribution >= 4 is 10.0 Å². The van der Waals surface area contributed by atoms with Crippen LogP contribution in [0.4, 0.5) is 0 Å². The summed E-state index contributed by atoms with van der Waals surface area (Å²) in [6, 6.07) is 7.17. The molecular weight excluding hydrogens is 258 g/mol. The largest absolute Gasteiger partial charge is 0.238 e. The van der Waals surface area contributed by atoms with E-state index < -0.39 is 10.0 Å². The van der Waals surface area contributed by atoms with E-state index in [1.807, 2.05) is 12.1 Å². The molecule has 0 saturated heterocycles. The molecule has 0 radical (unpaired) electrons. The minimum Gasteiger partial charge on any atom is -0.225 e. The van der Waals surface area contributed by atoms with E-state index in [0.29, 0.717) is 10.8 Å². The number of sulfonamides is 1. The van der Waals surface area contributed by atoms with Gasteiger partial charge in [-0.15, -0.1) is 0 Å². The molecule has 2 atom stereocenters. The third kappa shape index (κ3) is 3.37. The van der Waals surface area contributed by atoms with Crippen molar-refractivity contribution in [3.05, 3.63) is 29.8 Å². The Balaban J connectivity index is 2.42. The van der Waals surface area contributed by atoms with Crippen molar-refractivity contribution in [2.45, 2.75) is 50.8 Å². The molecule has 106 valence electrons. The molecule has 0 aliphatic heterocycles. The maximum Gasteiger partial charge on any atom is 0.238 e. The van der Waals surface area contributed by atoms with Crippen molar-refractivity contribution in [2.75, 3.05) is 0 Å². The Bertz CT molecular complexity index is 563. The fourth-order valence-corrected chi connectivity index (χ4v) is 4.49. The molecule has 0 bridgehead atoms. The van der Waals surface area contributed by atoms with Crippen molar-refractivity contribution < 1.29 is 8.42 Å². The first-order chi connectivity index (χ1) is 8.69. The molecule has 1 aliphatic rings. The molecule has 1 fully saturated rings. The quantitative estimate of drug-likeness (QED) is 0.904. The summed E-state index contributed by atoms with van der Waals surface area (Å²) in [4.78, 5) is 0.296. The molecule has 0 heterocycles. The molecule has 19 heavy (non-hydrogen) atoms. The van der Waals surface area contributed by atoms with E-state index in [1.165, 1.54) is 6.42 Å². The lowest BCUT2D eigenvalue weighted by Gasteiger charge is -2.39. The average molecular weight is 281 g/mol. The number of hydrogen-bond donors (Lipinski definition) is 1. The zero-order chi connectivity index (χ0) is 14.3. The van der Waals surface area contributed by atoms with E-state index in [4.69, 9.17) is 5.14 Å². The predicted octanol–water partition coefficient (Wildman–Crippen LogP) is 3.26. The molecule has 0 aromatic heterocycles. The van der Waals surface area contributed by atoms with Gasteiger partial charge in [-0.1, -0.05) is 39.0 Å². The maximum atomic E-state index is 11.7. The minimum absolute atomic E-state index is 0.258. The van der Waals surface area contributed by atoms with Gasteiger partial charge in [0.2, 0.25) is 10.0 Å². The Morgan fingerprint density at radius 3 is 2.42 bits per heavy atom. The summed E-state index contributed by atoms with van der Waals surface area (Å²) in [6.45, 7) is 6.76. The molecule has 1 aromatic rings. The maximum absolute atomic E-state index is 11.7. The van der Waals surface area contributed by atoms with Gasteiger partial charge in [-0.2, -0.15) is 0 Å². The van der Waals surface area contributed by atoms with Gasteiger partial charge in [0, 0.05) is 0 Å². The summed E-state index contributed by atoms with van der Waals surface area (Å²) in [5, 5.41) is 5.34. The zero-order valence-corrected chi connectivity index (χ0v) is 12.7. The van der Waals surface area contributed by atoms with Crippen molar-refractivity contribution in [2.24, 2.45) is 16.5 Å². The Morgan fingerprint density at radius 2 is 1.84 bits per heavy atom. The first-order valence-electron chi connectivity index (χ1n) is 6.81. The van der Waals surface area contributed by atoms with E-state index in [9.17, 15) is 8.42 Å². The average Bonchev–Trinajstić information content (AvgIpc) is 2.25. The van der Waals surface area contributed by atoms with E-state index in [-0.39, 0.29) is 11.3 Å². The normalized spacial score (nSPS) is 27.2. The molecule has 1 aliphatic carbocycles. The highest BCUT2D eigenvalue weighted by molar-refractivity contribution is 7.89. The minimum atomic E-state index is -3.64. The molecular formula is C15H23NO2S. The van der Waals surface area contributed by atoms with Crippen LogP contribution in [0.3, 0.4) is 0 Å². The van der Waals surface area contributed by atoms with Crippen molar-refractivity contribution in [3.63, 3.8) is 0 Å². The molecule has 4 heteroatoms. The first-order valence-corrected chi connectivity index (χ1v) is 8.35. The van der Waals surface area contributed by atoms with Crippen LogP contribution in [0.2, 0.25) is 0 Å². The van der Waals surface area contributed by atoms with Gasteiger partial charge >= 0.3 is 0 Å². The number of benzene rings is 1. The van der Waals surface area contributed by atoms with E-state index in [2.05, 4.69) is 20.8 Å². The van der Waals surface area contributed by atoms with Gasteiger partial charge in [-0.3, -0.25) is 0 Å². The van der Waals surface area contributed by atoms with Crippen LogP contribution in [-0.4, -0.2) is 8.42 Å². The van der Waals surface area contributed by atoms with Crippen LogP contribution in [0.1, 0.15) is 51.5 Å². The van der Waals surface area contributed by atoms with Crippen LogP contribution in [0.15, 0.2) is 29.2 Å². The molecule has 2 rings (SSSR count). The lowest BCUT2D eigenvalue weighted by molar-refractivity contribution is 0.167. The van der Waals surface area contributed by atoms with E-state index in [1.54, 1.807) is 12.1 Å². The molecule has 2 unspecified atom stereocenters. The van der Waals surface area contributed by atoms with E-state index >= 15 is 0 Å². The molecule has 1 saturated carbocycles. The Morgan fingerprint density at radius 1 is 1.21 bits per heavy atom. The molecule has 0 amide bonds. The molecule has 0 spiro atoms. The van der Waals surface area contributed by atoms with Gasteiger partial charge in [0.25, 0.3) is 0 Å². The highest BCUT2D eigenvalue weighted by Crippen LogP contribution is 2.46. The van der Waals surface area contributed by atoms with Crippen molar-refractivity contribution in [1.82, 2.24) is 0 Å². The third-order valence-electron chi connectivity index (χ3n) is 4.05. The summed E-state index contributed by atoms with van der Waals surface area (Å²) in [6.07, 6.45) is 3.25. The fourth-order valence-electron chi connectivity index (χ4n) is 3.66. The fraction of sp³-hybridized carbons (Fsp3) is 0.600. The number of rotatable bonds is 2. The van der Waals surface area contributed by atoms with Crippen LogP contribution in [0, 0.1) is 11.3 Å². The summed E-state index contributed by atoms with van der Waals surface area (Å²) in [5.41, 5.74) is 1.15. The van der Waals surface area contributed by atoms with E-state index in [0.717, 1.165) is 18.4 Å². The predicted molar refractivity (Wildman–Crippen MR) is 77.4 cm³/mol. The standard InChI is InChI=1S/C15H23NO2S/c1-11-8-12(10-15(2,3)9-11)13-6-4-5-7-14(13)19(16,17)18/h4-7,11-12H,8-10H2,1-3H3,(H2,16,17,18). The van der Waals surface area contributed by atoms with Crippen molar-refractivity contribution in [1.29, 1.82) is 0 Å². The number of primary sulfonamides is 1.